The molecule has 8 aromatic carbocycles. The topological polar surface area (TPSA) is 8.17 Å². The van der Waals surface area contributed by atoms with Gasteiger partial charge in [0.05, 0.1) is 11.0 Å². The van der Waals surface area contributed by atoms with Crippen molar-refractivity contribution >= 4 is 70.4 Å². The molecule has 0 unspecified atom stereocenters. The molecular weight excluding hydrogens is 769 g/mol. The van der Waals surface area contributed by atoms with Crippen molar-refractivity contribution in [1.29, 1.82) is 0 Å². The van der Waals surface area contributed by atoms with E-state index in [9.17, 15) is 0 Å². The molecule has 2 fully saturated rings. The number of hydrogen-bond donors (Lipinski definition) is 0. The fourth-order valence-electron chi connectivity index (χ4n) is 12.1. The number of aromatic nitrogens is 1. The zero-order chi connectivity index (χ0) is 41.4. The highest BCUT2D eigenvalue weighted by molar-refractivity contribution is 7.25. The van der Waals surface area contributed by atoms with Crippen LogP contribution in [0.15, 0.2) is 188 Å². The molecule has 2 nitrogen and oxygen atoms in total. The zero-order valence-corrected chi connectivity index (χ0v) is 36.3. The summed E-state index contributed by atoms with van der Waals surface area (Å²) >= 11 is 1.88. The Hall–Kier alpha value is -6.42. The van der Waals surface area contributed by atoms with E-state index >= 15 is 0 Å². The van der Waals surface area contributed by atoms with Crippen molar-refractivity contribution in [1.82, 2.24) is 4.57 Å². The number of anilines is 3. The van der Waals surface area contributed by atoms with E-state index in [0.717, 1.165) is 17.8 Å². The normalized spacial score (nSPS) is 20.0. The molecule has 2 bridgehead atoms. The van der Waals surface area contributed by atoms with E-state index in [2.05, 4.69) is 211 Å². The maximum absolute atomic E-state index is 2.55. The van der Waals surface area contributed by atoms with Gasteiger partial charge in [0.1, 0.15) is 0 Å². The number of benzene rings is 8. The first kappa shape index (κ1) is 37.4. The highest BCUT2D eigenvalue weighted by Crippen LogP contribution is 2.57. The SMILES string of the molecule is C[C@H]1CC2C[C@H](C)CC(c3ccccc3N(c3ccc(-c4cccc(-n5c6ccccc6c6ccccc65)c4)cc3)c3ccc(-c4ccc5sc6ccccc6c5c4)cc3)(C2)C1. The summed E-state index contributed by atoms with van der Waals surface area (Å²) in [6, 6.07) is 70.4. The smallest absolute Gasteiger partial charge is 0.0541 e. The van der Waals surface area contributed by atoms with Crippen LogP contribution in [-0.2, 0) is 5.41 Å². The molecule has 2 aliphatic carbocycles. The lowest BCUT2D eigenvalue weighted by Gasteiger charge is -2.51. The standard InChI is InChI=1S/C59H50N2S/c1-39-32-41-33-40(2)37-59(36-39,38-41)53-17-6-9-20-56(53)60(47-29-24-43(25-30-47)45-26-31-58-52(35-45)51-16-5-10-21-57(51)62-58)46-27-22-42(23-28-46)44-12-11-13-48(34-44)61-54-18-7-3-14-49(54)50-15-4-8-19-55(50)61/h3-31,34-35,39-41H,32-33,36-38H2,1-2H3/t39-,40-,41?,59?/m0/s1. The van der Waals surface area contributed by atoms with Crippen molar-refractivity contribution in [3.05, 3.63) is 194 Å². The Morgan fingerprint density at radius 3 is 1.69 bits per heavy atom. The van der Waals surface area contributed by atoms with Crippen LogP contribution >= 0.6 is 11.3 Å². The Bertz CT molecular complexity index is 3200. The summed E-state index contributed by atoms with van der Waals surface area (Å²) in [7, 11) is 0. The van der Waals surface area contributed by atoms with E-state index in [-0.39, 0.29) is 5.41 Å². The van der Waals surface area contributed by atoms with Crippen LogP contribution in [0.4, 0.5) is 17.1 Å². The van der Waals surface area contributed by atoms with Crippen LogP contribution in [0, 0.1) is 17.8 Å². The van der Waals surface area contributed by atoms with Gasteiger partial charge in [-0.1, -0.05) is 129 Å². The Balaban J connectivity index is 0.956. The first-order valence-corrected chi connectivity index (χ1v) is 23.4. The Kier molecular flexibility index (Phi) is 8.97. The molecule has 0 saturated heterocycles. The van der Waals surface area contributed by atoms with Crippen molar-refractivity contribution in [2.24, 2.45) is 17.8 Å². The van der Waals surface area contributed by atoms with Gasteiger partial charge in [-0.3, -0.25) is 0 Å². The summed E-state index contributed by atoms with van der Waals surface area (Å²) in [6.45, 7) is 5.00. The molecule has 2 saturated carbocycles. The number of fused-ring (bicyclic) bond motifs is 8. The molecule has 2 aromatic heterocycles. The van der Waals surface area contributed by atoms with Gasteiger partial charge in [-0.15, -0.1) is 11.3 Å². The largest absolute Gasteiger partial charge is 0.310 e. The second kappa shape index (κ2) is 14.9. The minimum atomic E-state index is 0.181. The summed E-state index contributed by atoms with van der Waals surface area (Å²) in [6.07, 6.45) is 6.56. The lowest BCUT2D eigenvalue weighted by Crippen LogP contribution is -2.43. The number of nitrogens with zero attached hydrogens (tertiary/aromatic N) is 2. The van der Waals surface area contributed by atoms with Crippen LogP contribution in [0.5, 0.6) is 0 Å². The summed E-state index contributed by atoms with van der Waals surface area (Å²) in [5, 5.41) is 5.24. The van der Waals surface area contributed by atoms with E-state index < -0.39 is 0 Å². The third kappa shape index (κ3) is 6.28. The number of para-hydroxylation sites is 3. The summed E-state index contributed by atoms with van der Waals surface area (Å²) < 4.78 is 5.09. The molecule has 0 aliphatic heterocycles. The molecule has 0 amide bonds. The van der Waals surface area contributed by atoms with Crippen LogP contribution in [0.25, 0.3) is 69.9 Å². The van der Waals surface area contributed by atoms with Gasteiger partial charge in [0.2, 0.25) is 0 Å². The first-order chi connectivity index (χ1) is 30.5. The third-order valence-corrected chi connectivity index (χ3v) is 15.5. The maximum Gasteiger partial charge on any atom is 0.0541 e. The van der Waals surface area contributed by atoms with Gasteiger partial charge in [0, 0.05) is 53.7 Å². The average molecular weight is 819 g/mol. The second-order valence-electron chi connectivity index (χ2n) is 18.6. The van der Waals surface area contributed by atoms with Gasteiger partial charge in [-0.05, 0) is 156 Å². The predicted molar refractivity (Wildman–Crippen MR) is 266 cm³/mol. The zero-order valence-electron chi connectivity index (χ0n) is 35.5. The highest BCUT2D eigenvalue weighted by Gasteiger charge is 2.46. The predicted octanol–water partition coefficient (Wildman–Crippen LogP) is 17.1. The van der Waals surface area contributed by atoms with Crippen molar-refractivity contribution < 1.29 is 0 Å². The van der Waals surface area contributed by atoms with Crippen LogP contribution in [0.3, 0.4) is 0 Å². The fourth-order valence-corrected chi connectivity index (χ4v) is 13.2. The molecule has 2 atom stereocenters. The van der Waals surface area contributed by atoms with Crippen molar-refractivity contribution in [2.75, 3.05) is 4.90 Å². The van der Waals surface area contributed by atoms with Gasteiger partial charge in [-0.25, -0.2) is 0 Å². The second-order valence-corrected chi connectivity index (χ2v) is 19.7. The fraction of sp³-hybridized carbons (Fsp3) is 0.186. The average Bonchev–Trinajstić information content (AvgIpc) is 3.85. The molecule has 0 spiro atoms. The number of rotatable bonds is 7. The molecule has 302 valence electrons. The van der Waals surface area contributed by atoms with E-state index in [1.165, 1.54) is 125 Å². The van der Waals surface area contributed by atoms with E-state index in [1.54, 1.807) is 0 Å². The van der Waals surface area contributed by atoms with Crippen molar-refractivity contribution in [3.63, 3.8) is 0 Å². The lowest BCUT2D eigenvalue weighted by molar-refractivity contribution is 0.0784. The minimum absolute atomic E-state index is 0.181. The quantitative estimate of drug-likeness (QED) is 0.156. The van der Waals surface area contributed by atoms with Gasteiger partial charge in [0.15, 0.2) is 0 Å². The molecule has 62 heavy (non-hydrogen) atoms. The number of thiophene rings is 1. The Morgan fingerprint density at radius 2 is 1.02 bits per heavy atom. The van der Waals surface area contributed by atoms with Gasteiger partial charge in [-0.2, -0.15) is 0 Å². The molecule has 12 rings (SSSR count). The first-order valence-electron chi connectivity index (χ1n) is 22.6. The van der Waals surface area contributed by atoms with Crippen LogP contribution < -0.4 is 4.90 Å². The van der Waals surface area contributed by atoms with Gasteiger partial charge in [0.25, 0.3) is 0 Å². The van der Waals surface area contributed by atoms with E-state index in [1.807, 2.05) is 11.3 Å². The Labute approximate surface area is 368 Å². The van der Waals surface area contributed by atoms with Crippen LogP contribution in [0.1, 0.15) is 51.5 Å². The van der Waals surface area contributed by atoms with Crippen LogP contribution in [-0.4, -0.2) is 4.57 Å². The molecule has 0 N–H and O–H groups in total. The molecule has 0 radical (unpaired) electrons. The van der Waals surface area contributed by atoms with Gasteiger partial charge < -0.3 is 9.47 Å². The van der Waals surface area contributed by atoms with Gasteiger partial charge >= 0.3 is 0 Å². The third-order valence-electron chi connectivity index (χ3n) is 14.3. The minimum Gasteiger partial charge on any atom is -0.310 e. The van der Waals surface area contributed by atoms with Crippen molar-refractivity contribution in [3.8, 4) is 27.9 Å². The lowest BCUT2D eigenvalue weighted by atomic mass is 9.54. The Morgan fingerprint density at radius 1 is 0.468 bits per heavy atom. The monoisotopic (exact) mass is 818 g/mol. The van der Waals surface area contributed by atoms with E-state index in [4.69, 9.17) is 0 Å². The highest BCUT2D eigenvalue weighted by atomic mass is 32.1. The molecular formula is C59H50N2S. The molecule has 3 heteroatoms. The summed E-state index contributed by atoms with van der Waals surface area (Å²) in [4.78, 5) is 2.55. The van der Waals surface area contributed by atoms with Crippen LogP contribution in [0.2, 0.25) is 0 Å². The maximum atomic E-state index is 2.55. The molecule has 10 aromatic rings. The molecule has 2 aliphatic rings. The van der Waals surface area contributed by atoms with E-state index in [0.29, 0.717) is 0 Å². The summed E-state index contributed by atoms with van der Waals surface area (Å²) in [5.74, 6) is 2.27. The molecule has 2 heterocycles. The van der Waals surface area contributed by atoms with Crippen molar-refractivity contribution in [2.45, 2.75) is 51.4 Å². The summed E-state index contributed by atoms with van der Waals surface area (Å²) in [5.41, 5.74) is 13.9. The number of hydrogen-bond acceptors (Lipinski definition) is 2.